The quantitative estimate of drug-likeness (QED) is 0.256. The lowest BCUT2D eigenvalue weighted by atomic mass is 9.94. The third-order valence-corrected chi connectivity index (χ3v) is 6.57. The Morgan fingerprint density at radius 1 is 1.23 bits per heavy atom. The predicted octanol–water partition coefficient (Wildman–Crippen LogP) is 3.65. The summed E-state index contributed by atoms with van der Waals surface area (Å²) in [6, 6.07) is 11.7. The minimum absolute atomic E-state index is 0.0108. The van der Waals surface area contributed by atoms with Crippen molar-refractivity contribution in [1.82, 2.24) is 20.0 Å². The van der Waals surface area contributed by atoms with Crippen molar-refractivity contribution in [1.29, 1.82) is 5.41 Å². The van der Waals surface area contributed by atoms with Crippen LogP contribution in [0.15, 0.2) is 60.4 Å². The van der Waals surface area contributed by atoms with Crippen LogP contribution in [0.5, 0.6) is 5.88 Å². The van der Waals surface area contributed by atoms with Crippen molar-refractivity contribution in [3.8, 4) is 11.6 Å². The van der Waals surface area contributed by atoms with E-state index in [1.807, 2.05) is 30.3 Å². The number of rotatable bonds is 9. The Morgan fingerprint density at radius 3 is 2.58 bits per heavy atom. The average Bonchev–Trinajstić information content (AvgIpc) is 3.46. The second-order valence-corrected chi connectivity index (χ2v) is 10.3. The maximum atomic E-state index is 14.1. The number of para-hydroxylation sites is 1. The number of aliphatic hydroxyl groups is 1. The van der Waals surface area contributed by atoms with Crippen LogP contribution < -0.4 is 21.1 Å². The van der Waals surface area contributed by atoms with Crippen LogP contribution in [0.4, 0.5) is 19.4 Å². The van der Waals surface area contributed by atoms with Crippen LogP contribution in [0.1, 0.15) is 30.9 Å². The lowest BCUT2D eigenvalue weighted by Gasteiger charge is -2.21. The lowest BCUT2D eigenvalue weighted by Crippen LogP contribution is -2.42. The normalized spacial score (nSPS) is 17.6. The van der Waals surface area contributed by atoms with E-state index in [0.29, 0.717) is 34.9 Å². The Bertz CT molecular complexity index is 1400. The van der Waals surface area contributed by atoms with E-state index < -0.39 is 35.2 Å². The van der Waals surface area contributed by atoms with E-state index in [1.54, 1.807) is 25.7 Å². The SMILES string of the molecule is Cc1c(OCC(C)(C)O)nn(-c2ccccc2)c1NC(=O)N[C@@H]1CN(/C(C=N)=C/N)C[C@H]1c1ccc(F)c(F)c1. The molecule has 1 saturated heterocycles. The highest BCUT2D eigenvalue weighted by molar-refractivity contribution is 5.90. The first-order valence-corrected chi connectivity index (χ1v) is 12.7. The second-order valence-electron chi connectivity index (χ2n) is 10.3. The molecule has 1 aromatic heterocycles. The average molecular weight is 554 g/mol. The number of hydrogen-bond donors (Lipinski definition) is 5. The highest BCUT2D eigenvalue weighted by atomic mass is 19.2. The molecule has 1 aliphatic heterocycles. The zero-order valence-corrected chi connectivity index (χ0v) is 22.5. The van der Waals surface area contributed by atoms with Crippen LogP contribution in [0, 0.1) is 24.0 Å². The summed E-state index contributed by atoms with van der Waals surface area (Å²) in [7, 11) is 0. The van der Waals surface area contributed by atoms with Crippen LogP contribution >= 0.6 is 0 Å². The van der Waals surface area contributed by atoms with Gasteiger partial charge < -0.3 is 31.2 Å². The third kappa shape index (κ3) is 6.40. The van der Waals surface area contributed by atoms with Gasteiger partial charge in [0.2, 0.25) is 5.88 Å². The van der Waals surface area contributed by atoms with E-state index in [4.69, 9.17) is 15.9 Å². The van der Waals surface area contributed by atoms with Gasteiger partial charge in [-0.1, -0.05) is 24.3 Å². The van der Waals surface area contributed by atoms with Gasteiger partial charge in [0.15, 0.2) is 11.6 Å². The van der Waals surface area contributed by atoms with Gasteiger partial charge in [0, 0.05) is 31.4 Å². The van der Waals surface area contributed by atoms with Gasteiger partial charge in [-0.05, 0) is 50.6 Å². The first-order chi connectivity index (χ1) is 19.0. The molecule has 1 fully saturated rings. The Hall–Kier alpha value is -4.45. The molecule has 0 bridgehead atoms. The smallest absolute Gasteiger partial charge is 0.320 e. The number of nitrogens with zero attached hydrogens (tertiary/aromatic N) is 3. The van der Waals surface area contributed by atoms with E-state index in [9.17, 15) is 18.7 Å². The van der Waals surface area contributed by atoms with Crippen LogP contribution in [0.2, 0.25) is 0 Å². The molecule has 0 saturated carbocycles. The van der Waals surface area contributed by atoms with Crippen molar-refractivity contribution < 1.29 is 23.4 Å². The summed E-state index contributed by atoms with van der Waals surface area (Å²) in [6.07, 6.45) is 2.39. The largest absolute Gasteiger partial charge is 0.473 e. The number of aromatic nitrogens is 2. The molecule has 2 atom stereocenters. The monoisotopic (exact) mass is 553 g/mol. The van der Waals surface area contributed by atoms with Crippen molar-refractivity contribution in [3.63, 3.8) is 0 Å². The summed E-state index contributed by atoms with van der Waals surface area (Å²) >= 11 is 0. The fourth-order valence-corrected chi connectivity index (χ4v) is 4.56. The molecule has 2 aromatic carbocycles. The molecule has 0 spiro atoms. The molecule has 0 aliphatic carbocycles. The number of ether oxygens (including phenoxy) is 1. The maximum absolute atomic E-state index is 14.1. The number of carbonyl (C=O) groups is 1. The molecule has 0 unspecified atom stereocenters. The summed E-state index contributed by atoms with van der Waals surface area (Å²) in [6.45, 7) is 5.56. The number of likely N-dealkylation sites (tertiary alicyclic amines) is 1. The van der Waals surface area contributed by atoms with Crippen molar-refractivity contribution in [2.45, 2.75) is 38.3 Å². The van der Waals surface area contributed by atoms with Crippen LogP contribution in [-0.4, -0.2) is 63.4 Å². The zero-order valence-electron chi connectivity index (χ0n) is 22.5. The van der Waals surface area contributed by atoms with Crippen molar-refractivity contribution in [2.75, 3.05) is 25.0 Å². The van der Waals surface area contributed by atoms with Gasteiger partial charge >= 0.3 is 6.03 Å². The van der Waals surface area contributed by atoms with E-state index in [2.05, 4.69) is 15.7 Å². The molecular weight excluding hydrogens is 520 g/mol. The number of allylic oxidation sites excluding steroid dienone is 1. The van der Waals surface area contributed by atoms with E-state index in [1.165, 1.54) is 16.9 Å². The predicted molar refractivity (Wildman–Crippen MR) is 148 cm³/mol. The Balaban J connectivity index is 1.61. The van der Waals surface area contributed by atoms with Crippen molar-refractivity contribution in [2.24, 2.45) is 5.73 Å². The summed E-state index contributed by atoms with van der Waals surface area (Å²) in [5, 5.41) is 28.1. The molecule has 12 heteroatoms. The fraction of sp³-hybridized carbons (Fsp3) is 0.321. The number of anilines is 1. The lowest BCUT2D eigenvalue weighted by molar-refractivity contribution is 0.0265. The van der Waals surface area contributed by atoms with Crippen molar-refractivity contribution in [3.05, 3.63) is 83.2 Å². The number of nitrogens with one attached hydrogen (secondary N) is 3. The molecule has 2 heterocycles. The first kappa shape index (κ1) is 28.6. The van der Waals surface area contributed by atoms with Gasteiger partial charge in [-0.15, -0.1) is 5.10 Å². The first-order valence-electron chi connectivity index (χ1n) is 12.7. The molecule has 1 aliphatic rings. The van der Waals surface area contributed by atoms with Crippen LogP contribution in [-0.2, 0) is 0 Å². The summed E-state index contributed by atoms with van der Waals surface area (Å²) in [5.41, 5.74) is 6.75. The van der Waals surface area contributed by atoms with Gasteiger partial charge in [0.05, 0.1) is 28.6 Å². The molecule has 6 N–H and O–H groups in total. The van der Waals surface area contributed by atoms with E-state index >= 15 is 0 Å². The molecular formula is C28H33F2N7O3. The minimum Gasteiger partial charge on any atom is -0.473 e. The maximum Gasteiger partial charge on any atom is 0.320 e. The zero-order chi connectivity index (χ0) is 29.0. The second kappa shape index (κ2) is 11.7. The fourth-order valence-electron chi connectivity index (χ4n) is 4.56. The number of carbonyl (C=O) groups excluding carboxylic acids is 1. The number of halogens is 2. The van der Waals surface area contributed by atoms with Crippen molar-refractivity contribution >= 4 is 18.1 Å². The number of amides is 2. The molecule has 2 amide bonds. The Kier molecular flexibility index (Phi) is 8.38. The Morgan fingerprint density at radius 2 is 1.95 bits per heavy atom. The van der Waals surface area contributed by atoms with Gasteiger partial charge in [0.1, 0.15) is 12.4 Å². The number of benzene rings is 2. The highest BCUT2D eigenvalue weighted by Gasteiger charge is 2.36. The van der Waals surface area contributed by atoms with E-state index in [0.717, 1.165) is 18.3 Å². The van der Waals surface area contributed by atoms with Crippen LogP contribution in [0.25, 0.3) is 5.69 Å². The third-order valence-electron chi connectivity index (χ3n) is 6.57. The van der Waals surface area contributed by atoms with Gasteiger partial charge in [-0.25, -0.2) is 18.3 Å². The molecule has 4 rings (SSSR count). The highest BCUT2D eigenvalue weighted by Crippen LogP contribution is 2.32. The van der Waals surface area contributed by atoms with Gasteiger partial charge in [-0.3, -0.25) is 5.32 Å². The minimum atomic E-state index is -1.09. The topological polar surface area (TPSA) is 142 Å². The van der Waals surface area contributed by atoms with Gasteiger partial charge in [0.25, 0.3) is 0 Å². The number of hydrogen-bond acceptors (Lipinski definition) is 7. The summed E-state index contributed by atoms with van der Waals surface area (Å²) in [4.78, 5) is 15.2. The number of urea groups is 1. The molecule has 10 nitrogen and oxygen atoms in total. The Labute approximate surface area is 230 Å². The standard InChI is InChI=1S/C28H33F2N7O3/c1-17-25(37(19-7-5-4-6-8-19)35-26(17)40-16-28(2,3)39)34-27(38)33-24-15-36(20(12-31)13-32)14-21(24)18-9-10-22(29)23(30)11-18/h4-13,21,24,31,39H,14-16,32H2,1-3H3,(H2,33,34,38)/b20-13+,31-12?/t21-,24+/m0/s1. The molecule has 40 heavy (non-hydrogen) atoms. The summed E-state index contributed by atoms with van der Waals surface area (Å²) in [5.74, 6) is -1.76. The van der Waals surface area contributed by atoms with Gasteiger partial charge in [-0.2, -0.15) is 0 Å². The molecule has 0 radical (unpaired) electrons. The summed E-state index contributed by atoms with van der Waals surface area (Å²) < 4.78 is 35.0. The van der Waals surface area contributed by atoms with E-state index in [-0.39, 0.29) is 19.0 Å². The molecule has 3 aromatic rings. The number of nitrogens with two attached hydrogens (primary N) is 1. The molecule has 212 valence electrons. The van der Waals surface area contributed by atoms with Crippen LogP contribution in [0.3, 0.4) is 0 Å².